The van der Waals surface area contributed by atoms with Gasteiger partial charge >= 0.3 is 11.9 Å². The number of ether oxygens (including phenoxy) is 1. The number of benzene rings is 1. The van der Waals surface area contributed by atoms with Gasteiger partial charge in [-0.05, 0) is 6.07 Å². The lowest BCUT2D eigenvalue weighted by Crippen LogP contribution is -2.28. The van der Waals surface area contributed by atoms with Crippen LogP contribution in [-0.4, -0.2) is 41.5 Å². The monoisotopic (exact) mass is 308 g/mol. The molecule has 0 aliphatic carbocycles. The van der Waals surface area contributed by atoms with E-state index in [0.717, 1.165) is 23.1 Å². The quantitative estimate of drug-likeness (QED) is 0.495. The Hall–Kier alpha value is -2.97. The maximum atomic E-state index is 12.0. The second-order valence-electron chi connectivity index (χ2n) is 4.69. The molecule has 0 saturated carbocycles. The largest absolute Gasteiger partial charge is 0.478 e. The molecule has 1 N–H and O–H groups in total. The average molecular weight is 308 g/mol. The third kappa shape index (κ3) is 2.73. The molecule has 1 heterocycles. The van der Waals surface area contributed by atoms with Gasteiger partial charge in [-0.2, -0.15) is 0 Å². The lowest BCUT2D eigenvalue weighted by Gasteiger charge is -2.18. The minimum Gasteiger partial charge on any atom is -0.478 e. The highest BCUT2D eigenvalue weighted by Gasteiger charge is 2.37. The average Bonchev–Trinajstić information content (AvgIpc) is 2.87. The van der Waals surface area contributed by atoms with Crippen LogP contribution in [0.4, 0.5) is 11.4 Å². The third-order valence-corrected chi connectivity index (χ3v) is 3.37. The Bertz CT molecular complexity index is 670. The lowest BCUT2D eigenvalue weighted by molar-refractivity contribution is -0.384. The van der Waals surface area contributed by atoms with E-state index in [1.54, 1.807) is 0 Å². The van der Waals surface area contributed by atoms with Crippen molar-refractivity contribution >= 4 is 29.2 Å². The number of amides is 1. The molecule has 1 atom stereocenters. The fourth-order valence-corrected chi connectivity index (χ4v) is 2.30. The summed E-state index contributed by atoms with van der Waals surface area (Å²) in [5.41, 5.74) is -0.683. The van der Waals surface area contributed by atoms with Crippen molar-refractivity contribution in [3.63, 3.8) is 0 Å². The first-order valence-electron chi connectivity index (χ1n) is 6.25. The van der Waals surface area contributed by atoms with E-state index >= 15 is 0 Å². The van der Waals surface area contributed by atoms with Crippen molar-refractivity contribution in [1.29, 1.82) is 0 Å². The number of aromatic carboxylic acids is 1. The molecule has 0 spiro atoms. The van der Waals surface area contributed by atoms with E-state index in [9.17, 15) is 24.5 Å². The first-order valence-corrected chi connectivity index (χ1v) is 6.25. The van der Waals surface area contributed by atoms with Crippen LogP contribution in [0.3, 0.4) is 0 Å². The van der Waals surface area contributed by atoms with Crippen LogP contribution < -0.4 is 4.90 Å². The first kappa shape index (κ1) is 15.4. The maximum absolute atomic E-state index is 12.0. The molecule has 1 aliphatic heterocycles. The van der Waals surface area contributed by atoms with Crippen LogP contribution in [0, 0.1) is 16.0 Å². The summed E-state index contributed by atoms with van der Waals surface area (Å²) in [6.07, 6.45) is -0.131. The zero-order valence-corrected chi connectivity index (χ0v) is 11.5. The molecule has 0 aromatic heterocycles. The summed E-state index contributed by atoms with van der Waals surface area (Å²) in [7, 11) is 1.19. The van der Waals surface area contributed by atoms with Crippen molar-refractivity contribution in [2.45, 2.75) is 6.42 Å². The summed E-state index contributed by atoms with van der Waals surface area (Å²) in [4.78, 5) is 46.0. The molecule has 2 rings (SSSR count). The van der Waals surface area contributed by atoms with E-state index < -0.39 is 28.7 Å². The van der Waals surface area contributed by atoms with E-state index in [1.807, 2.05) is 0 Å². The molecule has 9 heteroatoms. The number of rotatable bonds is 4. The Morgan fingerprint density at radius 1 is 1.45 bits per heavy atom. The smallest absolute Gasteiger partial charge is 0.337 e. The van der Waals surface area contributed by atoms with Gasteiger partial charge in [0.15, 0.2) is 0 Å². The van der Waals surface area contributed by atoms with Gasteiger partial charge in [-0.1, -0.05) is 0 Å². The highest BCUT2D eigenvalue weighted by Crippen LogP contribution is 2.31. The minimum atomic E-state index is -1.32. The first-order chi connectivity index (χ1) is 10.3. The van der Waals surface area contributed by atoms with Gasteiger partial charge in [0.25, 0.3) is 5.69 Å². The van der Waals surface area contributed by atoms with Crippen molar-refractivity contribution < 1.29 is 29.2 Å². The van der Waals surface area contributed by atoms with Crippen LogP contribution in [-0.2, 0) is 14.3 Å². The maximum Gasteiger partial charge on any atom is 0.337 e. The minimum absolute atomic E-state index is 0.0764. The molecule has 9 nitrogen and oxygen atoms in total. The Labute approximate surface area is 124 Å². The molecule has 1 aromatic rings. The molecule has 116 valence electrons. The number of nitrogens with zero attached hydrogens (tertiary/aromatic N) is 2. The number of esters is 1. The van der Waals surface area contributed by atoms with Crippen LogP contribution in [0.15, 0.2) is 18.2 Å². The number of nitro groups is 1. The van der Waals surface area contributed by atoms with Crippen molar-refractivity contribution in [1.82, 2.24) is 0 Å². The second-order valence-corrected chi connectivity index (χ2v) is 4.69. The Morgan fingerprint density at radius 2 is 2.14 bits per heavy atom. The van der Waals surface area contributed by atoms with Gasteiger partial charge in [-0.15, -0.1) is 0 Å². The lowest BCUT2D eigenvalue weighted by atomic mass is 10.1. The molecule has 0 radical (unpaired) electrons. The number of carboxylic acids is 1. The fraction of sp³-hybridized carbons (Fsp3) is 0.308. The summed E-state index contributed by atoms with van der Waals surface area (Å²) in [5.74, 6) is -3.12. The van der Waals surface area contributed by atoms with Crippen LogP contribution >= 0.6 is 0 Å². The molecule has 22 heavy (non-hydrogen) atoms. The van der Waals surface area contributed by atoms with E-state index in [0.29, 0.717) is 0 Å². The third-order valence-electron chi connectivity index (χ3n) is 3.37. The number of hydrogen-bond acceptors (Lipinski definition) is 6. The van der Waals surface area contributed by atoms with Crippen LogP contribution in [0.2, 0.25) is 0 Å². The highest BCUT2D eigenvalue weighted by atomic mass is 16.6. The predicted octanol–water partition coefficient (Wildman–Crippen LogP) is 0.819. The number of carboxylic acid groups (broad SMARTS) is 1. The molecule has 1 unspecified atom stereocenters. The summed E-state index contributed by atoms with van der Waals surface area (Å²) in [6.45, 7) is -0.0764. The molecular formula is C13H12N2O7. The van der Waals surface area contributed by atoms with Gasteiger partial charge < -0.3 is 14.7 Å². The predicted molar refractivity (Wildman–Crippen MR) is 72.5 cm³/mol. The number of nitro benzene ring substituents is 1. The number of carbonyl (C=O) groups excluding carboxylic acids is 2. The van der Waals surface area contributed by atoms with Gasteiger partial charge in [0, 0.05) is 25.1 Å². The fourth-order valence-electron chi connectivity index (χ4n) is 2.30. The summed E-state index contributed by atoms with van der Waals surface area (Å²) in [5, 5.41) is 20.0. The number of carbonyl (C=O) groups is 3. The molecular weight excluding hydrogens is 296 g/mol. The zero-order valence-electron chi connectivity index (χ0n) is 11.5. The standard InChI is InChI=1S/C13H12N2O7/c1-22-13(19)7-4-11(16)14(6-7)10-5-8(15(20)21)2-3-9(10)12(17)18/h2-3,5,7H,4,6H2,1H3,(H,17,18). The molecule has 1 aromatic carbocycles. The van der Waals surface area contributed by atoms with Crippen molar-refractivity contribution in [3.8, 4) is 0 Å². The molecule has 0 bridgehead atoms. The van der Waals surface area contributed by atoms with Gasteiger partial charge in [-0.3, -0.25) is 19.7 Å². The molecule has 1 amide bonds. The SMILES string of the molecule is COC(=O)C1CC(=O)N(c2cc([N+](=O)[O-])ccc2C(=O)O)C1. The van der Waals surface area contributed by atoms with Crippen LogP contribution in [0.5, 0.6) is 0 Å². The van der Waals surface area contributed by atoms with Crippen molar-refractivity contribution in [2.75, 3.05) is 18.6 Å². The van der Waals surface area contributed by atoms with Gasteiger partial charge in [0.05, 0.1) is 29.2 Å². The van der Waals surface area contributed by atoms with Crippen molar-refractivity contribution in [2.24, 2.45) is 5.92 Å². The molecule has 1 aliphatic rings. The van der Waals surface area contributed by atoms with Gasteiger partial charge in [0.1, 0.15) is 0 Å². The number of methoxy groups -OCH3 is 1. The Morgan fingerprint density at radius 3 is 2.68 bits per heavy atom. The van der Waals surface area contributed by atoms with Crippen molar-refractivity contribution in [3.05, 3.63) is 33.9 Å². The summed E-state index contributed by atoms with van der Waals surface area (Å²) < 4.78 is 4.56. The van der Waals surface area contributed by atoms with Gasteiger partial charge in [-0.25, -0.2) is 4.79 Å². The summed E-state index contributed by atoms with van der Waals surface area (Å²) >= 11 is 0. The van der Waals surface area contributed by atoms with E-state index in [4.69, 9.17) is 5.11 Å². The van der Waals surface area contributed by atoms with E-state index in [2.05, 4.69) is 4.74 Å². The van der Waals surface area contributed by atoms with Crippen LogP contribution in [0.1, 0.15) is 16.8 Å². The van der Waals surface area contributed by atoms with Crippen LogP contribution in [0.25, 0.3) is 0 Å². The number of non-ortho nitro benzene ring substituents is 1. The summed E-state index contributed by atoms with van der Waals surface area (Å²) in [6, 6.07) is 3.13. The Kier molecular flexibility index (Phi) is 4.06. The van der Waals surface area contributed by atoms with Gasteiger partial charge in [0.2, 0.25) is 5.91 Å². The number of anilines is 1. The molecule has 1 saturated heterocycles. The highest BCUT2D eigenvalue weighted by molar-refractivity contribution is 6.05. The zero-order chi connectivity index (χ0) is 16.4. The van der Waals surface area contributed by atoms with E-state index in [-0.39, 0.29) is 29.9 Å². The second kappa shape index (κ2) is 5.80. The van der Waals surface area contributed by atoms with E-state index in [1.165, 1.54) is 7.11 Å². The number of hydrogen-bond donors (Lipinski definition) is 1. The Balaban J connectivity index is 2.44. The molecule has 1 fully saturated rings. The topological polar surface area (TPSA) is 127 Å². The normalized spacial score (nSPS) is 17.4.